The van der Waals surface area contributed by atoms with Gasteiger partial charge in [0, 0.05) is 41.3 Å². The number of rotatable bonds is 8. The summed E-state index contributed by atoms with van der Waals surface area (Å²) in [6.07, 6.45) is 7.85. The number of carbonyl (C=O) groups excluding carboxylic acids is 2. The predicted octanol–water partition coefficient (Wildman–Crippen LogP) is 7.18. The smallest absolute Gasteiger partial charge is 0.338 e. The van der Waals surface area contributed by atoms with Crippen molar-refractivity contribution in [1.29, 1.82) is 0 Å². The van der Waals surface area contributed by atoms with Crippen molar-refractivity contribution < 1.29 is 23.6 Å². The number of hydrogen-bond donors (Lipinski definition) is 0. The van der Waals surface area contributed by atoms with E-state index in [1.807, 2.05) is 71.6 Å². The van der Waals surface area contributed by atoms with Crippen molar-refractivity contribution in [3.63, 3.8) is 0 Å². The minimum Gasteiger partial charge on any atom is -0.465 e. The van der Waals surface area contributed by atoms with Crippen molar-refractivity contribution in [3.8, 4) is 5.69 Å². The lowest BCUT2D eigenvalue weighted by Gasteiger charge is -2.25. The quantitative estimate of drug-likeness (QED) is 0.154. The maximum Gasteiger partial charge on any atom is 0.338 e. The van der Waals surface area contributed by atoms with Crippen LogP contribution in [0.25, 0.3) is 17.8 Å². The van der Waals surface area contributed by atoms with Crippen molar-refractivity contribution >= 4 is 41.2 Å². The Hall–Kier alpha value is -5.49. The second-order valence-corrected chi connectivity index (χ2v) is 9.22. The van der Waals surface area contributed by atoms with E-state index in [0.29, 0.717) is 5.69 Å². The van der Waals surface area contributed by atoms with E-state index >= 15 is 0 Å². The molecule has 0 unspecified atom stereocenters. The summed E-state index contributed by atoms with van der Waals surface area (Å²) in [5, 5.41) is 0. The monoisotopic (exact) mass is 541 g/mol. The molecule has 5 rings (SSSR count). The Morgan fingerprint density at radius 2 is 1.02 bits per heavy atom. The number of pyridine rings is 1. The van der Waals surface area contributed by atoms with E-state index in [2.05, 4.69) is 59.5 Å². The normalized spacial score (nSPS) is 10.8. The van der Waals surface area contributed by atoms with Gasteiger partial charge in [-0.05, 0) is 53.6 Å². The molecule has 0 spiro atoms. The molecule has 0 aliphatic carbocycles. The molecular weight excluding hydrogens is 512 g/mol. The first-order valence-corrected chi connectivity index (χ1v) is 13.1. The molecule has 0 fully saturated rings. The van der Waals surface area contributed by atoms with Gasteiger partial charge in [-0.2, -0.15) is 4.57 Å². The highest BCUT2D eigenvalue weighted by molar-refractivity contribution is 5.96. The fourth-order valence-electron chi connectivity index (χ4n) is 4.48. The summed E-state index contributed by atoms with van der Waals surface area (Å²) in [5.41, 5.74) is 6.50. The molecule has 1 heterocycles. The number of carbonyl (C=O) groups is 2. The number of methoxy groups -OCH3 is 2. The molecule has 0 atom stereocenters. The van der Waals surface area contributed by atoms with Crippen LogP contribution in [0.1, 0.15) is 31.8 Å². The molecule has 0 saturated carbocycles. The maximum atomic E-state index is 12.1. The number of esters is 2. The van der Waals surface area contributed by atoms with Crippen LogP contribution in [0.3, 0.4) is 0 Å². The second-order valence-electron chi connectivity index (χ2n) is 9.22. The SMILES string of the molecule is COC(=O)c1cc(C(=O)OC)cc(-[n+]2ccc(/C=C/c3ccc(N(c4ccccc4)c4ccccc4)cc3)cc2)c1. The molecule has 6 heteroatoms. The molecule has 0 aliphatic rings. The van der Waals surface area contributed by atoms with Crippen molar-refractivity contribution in [2.24, 2.45) is 0 Å². The average Bonchev–Trinajstić information content (AvgIpc) is 3.04. The van der Waals surface area contributed by atoms with Crippen molar-refractivity contribution in [2.45, 2.75) is 0 Å². The maximum absolute atomic E-state index is 12.1. The molecule has 0 radical (unpaired) electrons. The van der Waals surface area contributed by atoms with Crippen LogP contribution < -0.4 is 9.47 Å². The van der Waals surface area contributed by atoms with Gasteiger partial charge in [-0.1, -0.05) is 60.7 Å². The van der Waals surface area contributed by atoms with Crippen molar-refractivity contribution in [2.75, 3.05) is 19.1 Å². The van der Waals surface area contributed by atoms with Gasteiger partial charge in [-0.25, -0.2) is 9.59 Å². The number of nitrogens with zero attached hydrogens (tertiary/aromatic N) is 2. The number of hydrogen-bond acceptors (Lipinski definition) is 5. The van der Waals surface area contributed by atoms with Crippen LogP contribution in [-0.4, -0.2) is 26.2 Å². The Labute approximate surface area is 239 Å². The molecule has 4 aromatic carbocycles. The van der Waals surface area contributed by atoms with Gasteiger partial charge in [0.05, 0.1) is 25.3 Å². The van der Waals surface area contributed by atoms with E-state index in [0.717, 1.165) is 28.2 Å². The van der Waals surface area contributed by atoms with Crippen LogP contribution >= 0.6 is 0 Å². The van der Waals surface area contributed by atoms with Gasteiger partial charge in [0.2, 0.25) is 5.69 Å². The number of anilines is 3. The zero-order valence-electron chi connectivity index (χ0n) is 22.8. The Balaban J connectivity index is 1.36. The molecule has 0 bridgehead atoms. The van der Waals surface area contributed by atoms with E-state index in [4.69, 9.17) is 9.47 Å². The Morgan fingerprint density at radius 3 is 1.49 bits per heavy atom. The van der Waals surface area contributed by atoms with Gasteiger partial charge in [0.1, 0.15) is 0 Å². The molecule has 202 valence electrons. The van der Waals surface area contributed by atoms with Gasteiger partial charge >= 0.3 is 11.9 Å². The summed E-state index contributed by atoms with van der Waals surface area (Å²) in [6, 6.07) is 37.8. The van der Waals surface area contributed by atoms with Gasteiger partial charge in [-0.3, -0.25) is 0 Å². The van der Waals surface area contributed by atoms with Crippen molar-refractivity contribution in [3.05, 3.63) is 150 Å². The fourth-order valence-corrected chi connectivity index (χ4v) is 4.48. The van der Waals surface area contributed by atoms with Crippen molar-refractivity contribution in [1.82, 2.24) is 0 Å². The molecule has 41 heavy (non-hydrogen) atoms. The summed E-state index contributed by atoms with van der Waals surface area (Å²) >= 11 is 0. The lowest BCUT2D eigenvalue weighted by atomic mass is 10.1. The zero-order chi connectivity index (χ0) is 28.6. The molecule has 5 aromatic rings. The Morgan fingerprint density at radius 1 is 0.585 bits per heavy atom. The van der Waals surface area contributed by atoms with Crippen LogP contribution in [0.2, 0.25) is 0 Å². The van der Waals surface area contributed by atoms with Gasteiger partial charge in [-0.15, -0.1) is 0 Å². The largest absolute Gasteiger partial charge is 0.465 e. The summed E-state index contributed by atoms with van der Waals surface area (Å²) in [6.45, 7) is 0. The molecule has 0 saturated heterocycles. The minimum absolute atomic E-state index is 0.267. The first kappa shape index (κ1) is 27.1. The second kappa shape index (κ2) is 12.6. The minimum atomic E-state index is -0.529. The third-order valence-corrected chi connectivity index (χ3v) is 6.56. The lowest BCUT2D eigenvalue weighted by Crippen LogP contribution is -2.30. The average molecular weight is 542 g/mol. The topological polar surface area (TPSA) is 59.7 Å². The van der Waals surface area contributed by atoms with Crippen LogP contribution in [0.5, 0.6) is 0 Å². The number of aromatic nitrogens is 1. The molecule has 1 aromatic heterocycles. The van der Waals surface area contributed by atoms with E-state index in [-0.39, 0.29) is 11.1 Å². The number of ether oxygens (including phenoxy) is 2. The molecule has 0 N–H and O–H groups in total. The Kier molecular flexibility index (Phi) is 8.31. The van der Waals surface area contributed by atoms with Gasteiger partial charge in [0.15, 0.2) is 12.4 Å². The number of benzene rings is 4. The Bertz CT molecular complexity index is 1590. The van der Waals surface area contributed by atoms with Crippen LogP contribution in [0.15, 0.2) is 128 Å². The highest BCUT2D eigenvalue weighted by Crippen LogP contribution is 2.34. The third-order valence-electron chi connectivity index (χ3n) is 6.56. The van der Waals surface area contributed by atoms with Crippen LogP contribution in [-0.2, 0) is 9.47 Å². The first-order valence-electron chi connectivity index (χ1n) is 13.1. The van der Waals surface area contributed by atoms with Crippen LogP contribution in [0, 0.1) is 0 Å². The standard InChI is InChI=1S/C35H29N2O4/c1-40-34(38)28-23-29(35(39)41-2)25-33(24-28)36-21-19-27(20-22-36)14-13-26-15-17-32(18-16-26)37(30-9-5-3-6-10-30)31-11-7-4-8-12-31/h3-25H,1-2H3/q+1. The highest BCUT2D eigenvalue weighted by Gasteiger charge is 2.18. The molecule has 0 aliphatic heterocycles. The van der Waals surface area contributed by atoms with E-state index in [1.165, 1.54) is 20.3 Å². The predicted molar refractivity (Wildman–Crippen MR) is 161 cm³/mol. The molecule has 0 amide bonds. The highest BCUT2D eigenvalue weighted by atomic mass is 16.5. The van der Waals surface area contributed by atoms with Gasteiger partial charge in [0.25, 0.3) is 0 Å². The van der Waals surface area contributed by atoms with Crippen LogP contribution in [0.4, 0.5) is 17.1 Å². The van der Waals surface area contributed by atoms with Gasteiger partial charge < -0.3 is 14.4 Å². The summed E-state index contributed by atoms with van der Waals surface area (Å²) < 4.78 is 11.5. The first-order chi connectivity index (χ1) is 20.1. The third kappa shape index (κ3) is 6.40. The summed E-state index contributed by atoms with van der Waals surface area (Å²) in [7, 11) is 2.61. The summed E-state index contributed by atoms with van der Waals surface area (Å²) in [4.78, 5) is 26.5. The summed E-state index contributed by atoms with van der Waals surface area (Å²) in [5.74, 6) is -1.06. The molecule has 6 nitrogen and oxygen atoms in total. The number of para-hydroxylation sites is 2. The lowest BCUT2D eigenvalue weighted by molar-refractivity contribution is -0.595. The molecular formula is C35H29N2O4+. The zero-order valence-corrected chi connectivity index (χ0v) is 22.8. The van der Waals surface area contributed by atoms with E-state index < -0.39 is 11.9 Å². The van der Waals surface area contributed by atoms with E-state index in [1.54, 1.807) is 12.1 Å². The fraction of sp³-hybridized carbons (Fsp3) is 0.0571. The van der Waals surface area contributed by atoms with E-state index in [9.17, 15) is 9.59 Å².